The Morgan fingerprint density at radius 3 is 2.71 bits per heavy atom. The highest BCUT2D eigenvalue weighted by Crippen LogP contribution is 2.31. The van der Waals surface area contributed by atoms with Gasteiger partial charge in [0.2, 0.25) is 0 Å². The first-order valence-corrected chi connectivity index (χ1v) is 12.5. The van der Waals surface area contributed by atoms with Gasteiger partial charge < -0.3 is 5.11 Å². The average Bonchev–Trinajstić information content (AvgIpc) is 3.39. The summed E-state index contributed by atoms with van der Waals surface area (Å²) in [6.45, 7) is 2.62. The lowest BCUT2D eigenvalue weighted by atomic mass is 9.87. The molecule has 5 rings (SSSR count). The third kappa shape index (κ3) is 5.26. The zero-order valence-electron chi connectivity index (χ0n) is 20.4. The van der Waals surface area contributed by atoms with E-state index in [1.54, 1.807) is 4.68 Å². The summed E-state index contributed by atoms with van der Waals surface area (Å²) in [6.07, 6.45) is 7.50. The lowest BCUT2D eigenvalue weighted by molar-refractivity contribution is -0.137. The van der Waals surface area contributed by atoms with E-state index < -0.39 is 5.97 Å². The second kappa shape index (κ2) is 9.98. The van der Waals surface area contributed by atoms with E-state index in [0.717, 1.165) is 45.8 Å². The molecule has 0 bridgehead atoms. The number of aliphatic carboxylic acids is 1. The number of aromatic nitrogens is 6. The number of fused-ring (bicyclic) bond motifs is 1. The van der Waals surface area contributed by atoms with Gasteiger partial charge in [-0.05, 0) is 41.7 Å². The zero-order valence-corrected chi connectivity index (χ0v) is 20.4. The highest BCUT2D eigenvalue weighted by atomic mass is 16.4. The Kier molecular flexibility index (Phi) is 6.61. The number of rotatable bonds is 8. The lowest BCUT2D eigenvalue weighted by Crippen LogP contribution is -2.11. The Morgan fingerprint density at radius 1 is 1.11 bits per heavy atom. The maximum Gasteiger partial charge on any atom is 0.304 e. The molecule has 8 heteroatoms. The standard InChI is InChI=1S/C27H32N6O2/c1-18-28-26(14-19-7-4-3-5-8-19)30-33(18)17-20-9-6-10-21(13-20)23(16-27(34)35)22-11-12-25-24(15-22)29-31-32(25)2/h6,9-13,15,19,23H,3-5,7-8,14,16-17H2,1-2H3,(H,34,35). The second-order valence-corrected chi connectivity index (χ2v) is 9.80. The molecule has 1 aliphatic carbocycles. The molecule has 1 atom stereocenters. The summed E-state index contributed by atoms with van der Waals surface area (Å²) in [4.78, 5) is 16.5. The number of carboxylic acid groups (broad SMARTS) is 1. The molecule has 2 aromatic heterocycles. The second-order valence-electron chi connectivity index (χ2n) is 9.80. The van der Waals surface area contributed by atoms with Crippen LogP contribution in [-0.4, -0.2) is 40.8 Å². The van der Waals surface area contributed by atoms with Crippen LogP contribution in [-0.2, 0) is 24.8 Å². The summed E-state index contributed by atoms with van der Waals surface area (Å²) >= 11 is 0. The van der Waals surface area contributed by atoms with Crippen LogP contribution in [0.1, 0.15) is 72.8 Å². The number of benzene rings is 2. The first kappa shape index (κ1) is 23.2. The number of aryl methyl sites for hydroxylation is 2. The Bertz CT molecular complexity index is 1330. The molecular weight excluding hydrogens is 440 g/mol. The Hall–Kier alpha value is -3.55. The molecule has 0 radical (unpaired) electrons. The molecule has 1 fully saturated rings. The van der Waals surface area contributed by atoms with E-state index in [1.807, 2.05) is 49.0 Å². The molecule has 182 valence electrons. The maximum absolute atomic E-state index is 11.8. The number of nitrogens with zero attached hydrogens (tertiary/aromatic N) is 6. The van der Waals surface area contributed by atoms with Gasteiger partial charge in [-0.15, -0.1) is 5.10 Å². The minimum atomic E-state index is -0.834. The van der Waals surface area contributed by atoms with Crippen molar-refractivity contribution in [3.05, 3.63) is 70.8 Å². The van der Waals surface area contributed by atoms with Gasteiger partial charge in [0.05, 0.1) is 18.5 Å². The monoisotopic (exact) mass is 472 g/mol. The fourth-order valence-electron chi connectivity index (χ4n) is 5.32. The molecule has 1 saturated carbocycles. The van der Waals surface area contributed by atoms with Crippen LogP contribution in [0.5, 0.6) is 0 Å². The van der Waals surface area contributed by atoms with E-state index >= 15 is 0 Å². The molecule has 4 aromatic rings. The fraction of sp³-hybridized carbons (Fsp3) is 0.444. The van der Waals surface area contributed by atoms with Gasteiger partial charge in [0.15, 0.2) is 5.82 Å². The van der Waals surface area contributed by atoms with E-state index in [1.165, 1.54) is 32.1 Å². The number of carboxylic acids is 1. The molecule has 8 nitrogen and oxygen atoms in total. The molecule has 0 aliphatic heterocycles. The predicted octanol–water partition coefficient (Wildman–Crippen LogP) is 4.65. The van der Waals surface area contributed by atoms with E-state index in [4.69, 9.17) is 10.1 Å². The van der Waals surface area contributed by atoms with Crippen molar-refractivity contribution in [2.75, 3.05) is 0 Å². The molecule has 1 aliphatic rings. The van der Waals surface area contributed by atoms with E-state index in [2.05, 4.69) is 22.4 Å². The third-order valence-electron chi connectivity index (χ3n) is 7.20. The number of hydrogen-bond donors (Lipinski definition) is 1. The topological polar surface area (TPSA) is 98.7 Å². The minimum Gasteiger partial charge on any atom is -0.481 e. The molecule has 0 spiro atoms. The van der Waals surface area contributed by atoms with Gasteiger partial charge in [-0.1, -0.05) is 67.6 Å². The van der Waals surface area contributed by atoms with Crippen LogP contribution in [0.25, 0.3) is 11.0 Å². The maximum atomic E-state index is 11.8. The molecule has 0 amide bonds. The van der Waals surface area contributed by atoms with E-state index in [9.17, 15) is 9.90 Å². The van der Waals surface area contributed by atoms with Crippen molar-refractivity contribution < 1.29 is 9.90 Å². The molecule has 2 aromatic carbocycles. The average molecular weight is 473 g/mol. The summed E-state index contributed by atoms with van der Waals surface area (Å²) in [5.74, 6) is 1.44. The number of hydrogen-bond acceptors (Lipinski definition) is 5. The number of carbonyl (C=O) groups is 1. The Morgan fingerprint density at radius 2 is 1.91 bits per heavy atom. The first-order valence-electron chi connectivity index (χ1n) is 12.5. The van der Waals surface area contributed by atoms with Gasteiger partial charge in [0.25, 0.3) is 0 Å². The minimum absolute atomic E-state index is 0.00309. The summed E-state index contributed by atoms with van der Waals surface area (Å²) < 4.78 is 3.68. The Labute approximate surface area is 205 Å². The predicted molar refractivity (Wildman–Crippen MR) is 133 cm³/mol. The lowest BCUT2D eigenvalue weighted by Gasteiger charge is -2.19. The van der Waals surface area contributed by atoms with Crippen molar-refractivity contribution in [2.24, 2.45) is 13.0 Å². The highest BCUT2D eigenvalue weighted by Gasteiger charge is 2.21. The van der Waals surface area contributed by atoms with E-state index in [0.29, 0.717) is 12.5 Å². The third-order valence-corrected chi connectivity index (χ3v) is 7.20. The van der Waals surface area contributed by atoms with Crippen LogP contribution in [0.15, 0.2) is 42.5 Å². The first-order chi connectivity index (χ1) is 17.0. The van der Waals surface area contributed by atoms with Crippen molar-refractivity contribution >= 4 is 17.0 Å². The van der Waals surface area contributed by atoms with Crippen molar-refractivity contribution in [1.82, 2.24) is 29.8 Å². The van der Waals surface area contributed by atoms with Gasteiger partial charge in [0.1, 0.15) is 11.3 Å². The smallest absolute Gasteiger partial charge is 0.304 e. The normalized spacial score (nSPS) is 15.5. The molecular formula is C27H32N6O2. The molecule has 0 saturated heterocycles. The summed E-state index contributed by atoms with van der Waals surface area (Å²) in [7, 11) is 1.85. The SMILES string of the molecule is Cc1nc(CC2CCCCC2)nn1Cc1cccc(C(CC(=O)O)c2ccc3c(c2)nnn3C)c1. The van der Waals surface area contributed by atoms with Gasteiger partial charge in [0, 0.05) is 19.4 Å². The van der Waals surface area contributed by atoms with Crippen LogP contribution in [0.3, 0.4) is 0 Å². The van der Waals surface area contributed by atoms with E-state index in [-0.39, 0.29) is 12.3 Å². The van der Waals surface area contributed by atoms with Gasteiger partial charge in [-0.3, -0.25) is 4.79 Å². The van der Waals surface area contributed by atoms with Gasteiger partial charge >= 0.3 is 5.97 Å². The van der Waals surface area contributed by atoms with Crippen LogP contribution >= 0.6 is 0 Å². The van der Waals surface area contributed by atoms with Crippen LogP contribution in [0.4, 0.5) is 0 Å². The summed E-state index contributed by atoms with van der Waals surface area (Å²) in [5, 5.41) is 22.7. The summed E-state index contributed by atoms with van der Waals surface area (Å²) in [6, 6.07) is 14.0. The zero-order chi connectivity index (χ0) is 24.4. The fourth-order valence-corrected chi connectivity index (χ4v) is 5.32. The Balaban J connectivity index is 1.38. The highest BCUT2D eigenvalue weighted by molar-refractivity contribution is 5.76. The van der Waals surface area contributed by atoms with Crippen LogP contribution in [0, 0.1) is 12.8 Å². The van der Waals surface area contributed by atoms with Gasteiger partial charge in [-0.2, -0.15) is 5.10 Å². The van der Waals surface area contributed by atoms with Crippen molar-refractivity contribution in [3.8, 4) is 0 Å². The quantitative estimate of drug-likeness (QED) is 0.401. The largest absolute Gasteiger partial charge is 0.481 e. The van der Waals surface area contributed by atoms with Crippen LogP contribution < -0.4 is 0 Å². The van der Waals surface area contributed by atoms with Gasteiger partial charge in [-0.25, -0.2) is 14.3 Å². The summed E-state index contributed by atoms with van der Waals surface area (Å²) in [5.41, 5.74) is 4.65. The molecule has 2 heterocycles. The molecule has 35 heavy (non-hydrogen) atoms. The van der Waals surface area contributed by atoms with Crippen molar-refractivity contribution in [2.45, 2.75) is 64.3 Å². The van der Waals surface area contributed by atoms with Crippen LogP contribution in [0.2, 0.25) is 0 Å². The molecule has 1 N–H and O–H groups in total. The van der Waals surface area contributed by atoms with Crippen molar-refractivity contribution in [1.29, 1.82) is 0 Å². The molecule has 1 unspecified atom stereocenters. The van der Waals surface area contributed by atoms with Crippen molar-refractivity contribution in [3.63, 3.8) is 0 Å².